The maximum atomic E-state index is 5.30. The molecule has 2 nitrogen and oxygen atoms in total. The molecule has 1 rings (SSSR count). The van der Waals surface area contributed by atoms with Gasteiger partial charge in [0.15, 0.2) is 0 Å². The van der Waals surface area contributed by atoms with Crippen molar-refractivity contribution in [2.24, 2.45) is 0 Å². The fraction of sp³-hybridized carbons (Fsp3) is 0.462. The van der Waals surface area contributed by atoms with E-state index in [9.17, 15) is 0 Å². The van der Waals surface area contributed by atoms with Gasteiger partial charge < -0.3 is 5.32 Å². The zero-order chi connectivity index (χ0) is 11.1. The lowest BCUT2D eigenvalue weighted by Crippen LogP contribution is -2.21. The van der Waals surface area contributed by atoms with Crippen LogP contribution in [0.15, 0.2) is 18.3 Å². The van der Waals surface area contributed by atoms with Gasteiger partial charge in [0.05, 0.1) is 0 Å². The topological polar surface area (TPSA) is 24.9 Å². The number of aromatic nitrogens is 1. The van der Waals surface area contributed by atoms with Crippen LogP contribution in [-0.2, 0) is 0 Å². The Balaban J connectivity index is 2.79. The molecule has 80 valence electrons. The minimum Gasteiger partial charge on any atom is -0.310 e. The van der Waals surface area contributed by atoms with Gasteiger partial charge in [-0.05, 0) is 31.5 Å². The van der Waals surface area contributed by atoms with E-state index in [1.54, 1.807) is 0 Å². The predicted octanol–water partition coefficient (Wildman–Crippen LogP) is 2.45. The fourth-order valence-corrected chi connectivity index (χ4v) is 1.71. The van der Waals surface area contributed by atoms with E-state index in [0.29, 0.717) is 6.04 Å². The molecule has 1 N–H and O–H groups in total. The van der Waals surface area contributed by atoms with Gasteiger partial charge in [0.2, 0.25) is 0 Å². The summed E-state index contributed by atoms with van der Waals surface area (Å²) in [5.74, 6) is 2.69. The van der Waals surface area contributed by atoms with Gasteiger partial charge in [-0.25, -0.2) is 0 Å². The van der Waals surface area contributed by atoms with Gasteiger partial charge >= 0.3 is 0 Å². The van der Waals surface area contributed by atoms with Crippen molar-refractivity contribution in [1.29, 1.82) is 0 Å². The molecule has 1 unspecified atom stereocenters. The number of hydrogen-bond donors (Lipinski definition) is 1. The maximum Gasteiger partial charge on any atom is 0.0420 e. The largest absolute Gasteiger partial charge is 0.310 e. The number of nitrogens with zero attached hydrogens (tertiary/aromatic N) is 1. The van der Waals surface area contributed by atoms with Crippen LogP contribution < -0.4 is 5.32 Å². The van der Waals surface area contributed by atoms with Crippen LogP contribution in [0.3, 0.4) is 0 Å². The van der Waals surface area contributed by atoms with Crippen molar-refractivity contribution >= 4 is 0 Å². The molecule has 0 saturated carbocycles. The molecule has 0 bridgehead atoms. The highest BCUT2D eigenvalue weighted by Gasteiger charge is 2.11. The molecular weight excluding hydrogens is 184 g/mol. The van der Waals surface area contributed by atoms with Crippen LogP contribution in [0, 0.1) is 19.3 Å². The summed E-state index contributed by atoms with van der Waals surface area (Å²) in [5.41, 5.74) is 2.34. The van der Waals surface area contributed by atoms with Crippen molar-refractivity contribution in [1.82, 2.24) is 10.3 Å². The third-order valence-corrected chi connectivity index (χ3v) is 2.45. The molecule has 0 radical (unpaired) electrons. The van der Waals surface area contributed by atoms with Crippen LogP contribution >= 0.6 is 0 Å². The SMILES string of the molecule is C#CCCC(NCC)c1cccnc1C. The smallest absolute Gasteiger partial charge is 0.0420 e. The lowest BCUT2D eigenvalue weighted by atomic mass is 10.0. The van der Waals surface area contributed by atoms with Gasteiger partial charge in [0.25, 0.3) is 0 Å². The standard InChI is InChI=1S/C13H18N2/c1-4-6-9-13(14-5-2)12-8-7-10-15-11(12)3/h1,7-8,10,13-14H,5-6,9H2,2-3H3. The molecule has 0 saturated heterocycles. The Hall–Kier alpha value is -1.33. The molecule has 0 aromatic carbocycles. The Kier molecular flexibility index (Phi) is 4.86. The Labute approximate surface area is 92.1 Å². The van der Waals surface area contributed by atoms with Crippen LogP contribution in [0.4, 0.5) is 0 Å². The second-order valence-corrected chi connectivity index (χ2v) is 3.53. The second kappa shape index (κ2) is 6.21. The minimum atomic E-state index is 0.333. The van der Waals surface area contributed by atoms with Gasteiger partial charge in [-0.2, -0.15) is 0 Å². The summed E-state index contributed by atoms with van der Waals surface area (Å²) in [6, 6.07) is 4.43. The van der Waals surface area contributed by atoms with Gasteiger partial charge in [-0.3, -0.25) is 4.98 Å². The summed E-state index contributed by atoms with van der Waals surface area (Å²) in [6.45, 7) is 5.09. The molecule has 2 heteroatoms. The van der Waals surface area contributed by atoms with Crippen molar-refractivity contribution in [3.8, 4) is 12.3 Å². The summed E-state index contributed by atoms with van der Waals surface area (Å²) in [7, 11) is 0. The molecule has 0 amide bonds. The molecule has 0 aliphatic carbocycles. The van der Waals surface area contributed by atoms with Crippen molar-refractivity contribution in [2.45, 2.75) is 32.7 Å². The lowest BCUT2D eigenvalue weighted by Gasteiger charge is -2.18. The Morgan fingerprint density at radius 2 is 2.40 bits per heavy atom. The summed E-state index contributed by atoms with van der Waals surface area (Å²) in [6.07, 6.45) is 8.88. The monoisotopic (exact) mass is 202 g/mol. The Morgan fingerprint density at radius 1 is 1.60 bits per heavy atom. The number of pyridine rings is 1. The highest BCUT2D eigenvalue weighted by molar-refractivity contribution is 5.22. The summed E-state index contributed by atoms with van der Waals surface area (Å²) in [4.78, 5) is 4.30. The third kappa shape index (κ3) is 3.38. The molecule has 0 spiro atoms. The average molecular weight is 202 g/mol. The van der Waals surface area contributed by atoms with Crippen LogP contribution in [0.1, 0.15) is 37.1 Å². The summed E-state index contributed by atoms with van der Waals surface area (Å²) >= 11 is 0. The molecule has 0 fully saturated rings. The molecular formula is C13H18N2. The first-order valence-corrected chi connectivity index (χ1v) is 5.38. The zero-order valence-corrected chi connectivity index (χ0v) is 9.46. The highest BCUT2D eigenvalue weighted by atomic mass is 14.9. The van der Waals surface area contributed by atoms with E-state index in [1.807, 2.05) is 19.2 Å². The zero-order valence-electron chi connectivity index (χ0n) is 9.46. The highest BCUT2D eigenvalue weighted by Crippen LogP contribution is 2.20. The van der Waals surface area contributed by atoms with Gasteiger partial charge in [0.1, 0.15) is 0 Å². The van der Waals surface area contributed by atoms with Crippen molar-refractivity contribution in [2.75, 3.05) is 6.54 Å². The van der Waals surface area contributed by atoms with E-state index in [2.05, 4.69) is 29.2 Å². The molecule has 15 heavy (non-hydrogen) atoms. The number of hydrogen-bond acceptors (Lipinski definition) is 2. The molecule has 1 atom stereocenters. The molecule has 0 aliphatic heterocycles. The Morgan fingerprint density at radius 3 is 3.00 bits per heavy atom. The van der Waals surface area contributed by atoms with E-state index in [4.69, 9.17) is 6.42 Å². The molecule has 0 aliphatic rings. The van der Waals surface area contributed by atoms with E-state index in [-0.39, 0.29) is 0 Å². The van der Waals surface area contributed by atoms with Gasteiger partial charge in [-0.1, -0.05) is 13.0 Å². The first-order chi connectivity index (χ1) is 7.29. The normalized spacial score (nSPS) is 12.1. The van der Waals surface area contributed by atoms with E-state index in [1.165, 1.54) is 5.56 Å². The van der Waals surface area contributed by atoms with E-state index >= 15 is 0 Å². The van der Waals surface area contributed by atoms with Crippen LogP contribution in [-0.4, -0.2) is 11.5 Å². The van der Waals surface area contributed by atoms with E-state index in [0.717, 1.165) is 25.1 Å². The fourth-order valence-electron chi connectivity index (χ4n) is 1.71. The average Bonchev–Trinajstić information content (AvgIpc) is 2.25. The first kappa shape index (κ1) is 11.7. The van der Waals surface area contributed by atoms with Crippen LogP contribution in [0.25, 0.3) is 0 Å². The van der Waals surface area contributed by atoms with Crippen LogP contribution in [0.2, 0.25) is 0 Å². The number of terminal acetylenes is 1. The van der Waals surface area contributed by atoms with E-state index < -0.39 is 0 Å². The summed E-state index contributed by atoms with van der Waals surface area (Å²) in [5, 5.41) is 3.44. The molecule has 1 aromatic rings. The van der Waals surface area contributed by atoms with Gasteiger partial charge in [-0.15, -0.1) is 12.3 Å². The lowest BCUT2D eigenvalue weighted by molar-refractivity contribution is 0.518. The van der Waals surface area contributed by atoms with Gasteiger partial charge in [0, 0.05) is 24.4 Å². The number of rotatable bonds is 5. The van der Waals surface area contributed by atoms with Crippen LogP contribution in [0.5, 0.6) is 0 Å². The third-order valence-electron chi connectivity index (χ3n) is 2.45. The number of aryl methyl sites for hydroxylation is 1. The van der Waals surface area contributed by atoms with Crippen molar-refractivity contribution in [3.05, 3.63) is 29.6 Å². The first-order valence-electron chi connectivity index (χ1n) is 5.38. The predicted molar refractivity (Wildman–Crippen MR) is 63.5 cm³/mol. The summed E-state index contributed by atoms with van der Waals surface area (Å²) < 4.78 is 0. The quantitative estimate of drug-likeness (QED) is 0.742. The number of nitrogens with one attached hydrogen (secondary N) is 1. The van der Waals surface area contributed by atoms with Crippen molar-refractivity contribution in [3.63, 3.8) is 0 Å². The molecule has 1 heterocycles. The maximum absolute atomic E-state index is 5.30. The minimum absolute atomic E-state index is 0.333. The molecule has 1 aromatic heterocycles. The Bertz CT molecular complexity index is 339. The van der Waals surface area contributed by atoms with Crippen molar-refractivity contribution < 1.29 is 0 Å². The second-order valence-electron chi connectivity index (χ2n) is 3.53.